The number of carbonyl (C=O) groups excluding carboxylic acids is 1. The van der Waals surface area contributed by atoms with Gasteiger partial charge in [-0.1, -0.05) is 49.5 Å². The number of aryl methyl sites for hydroxylation is 1. The quantitative estimate of drug-likeness (QED) is 0.500. The zero-order valence-electron chi connectivity index (χ0n) is 20.3. The molecule has 0 N–H and O–H groups in total. The topological polar surface area (TPSA) is 49.3 Å². The van der Waals surface area contributed by atoms with Crippen molar-refractivity contribution in [1.82, 2.24) is 14.5 Å². The number of likely N-dealkylation sites (tertiary alicyclic amines) is 1. The molecule has 0 atom stereocenters. The Balaban J connectivity index is 1.33. The lowest BCUT2D eigenvalue weighted by molar-refractivity contribution is 0.0978. The summed E-state index contributed by atoms with van der Waals surface area (Å²) in [5.74, 6) is -0.331. The minimum atomic E-state index is -0.246. The van der Waals surface area contributed by atoms with Gasteiger partial charge in [0.2, 0.25) is 0 Å². The minimum Gasteiger partial charge on any atom is -0.306 e. The van der Waals surface area contributed by atoms with Gasteiger partial charge in [0.1, 0.15) is 10.7 Å². The lowest BCUT2D eigenvalue weighted by atomic mass is 9.74. The molecule has 0 radical (unpaired) electrons. The second-order valence-corrected chi connectivity index (χ2v) is 11.5. The van der Waals surface area contributed by atoms with Crippen molar-refractivity contribution in [3.63, 3.8) is 0 Å². The lowest BCUT2D eigenvalue weighted by Crippen LogP contribution is -2.45. The Morgan fingerprint density at radius 2 is 1.82 bits per heavy atom. The van der Waals surface area contributed by atoms with Gasteiger partial charge in [-0.15, -0.1) is 5.10 Å². The predicted octanol–water partition coefficient (Wildman–Crippen LogP) is 5.48. The number of halogens is 1. The van der Waals surface area contributed by atoms with Crippen LogP contribution < -0.4 is 4.90 Å². The van der Waals surface area contributed by atoms with Crippen molar-refractivity contribution in [1.29, 1.82) is 0 Å². The molecule has 3 heterocycles. The number of amides is 1. The van der Waals surface area contributed by atoms with Crippen molar-refractivity contribution < 1.29 is 9.18 Å². The highest BCUT2D eigenvalue weighted by Crippen LogP contribution is 2.48. The Kier molecular flexibility index (Phi) is 5.81. The molecule has 2 aliphatic rings. The number of rotatable bonds is 3. The summed E-state index contributed by atoms with van der Waals surface area (Å²) in [7, 11) is 0. The van der Waals surface area contributed by atoms with Crippen LogP contribution >= 0.6 is 11.5 Å². The number of carbonyl (C=O) groups is 1. The first kappa shape index (κ1) is 23.1. The Morgan fingerprint density at radius 1 is 1.12 bits per heavy atom. The molecule has 2 aliphatic heterocycles. The summed E-state index contributed by atoms with van der Waals surface area (Å²) < 4.78 is 18.2. The molecule has 1 fully saturated rings. The maximum atomic E-state index is 14.3. The van der Waals surface area contributed by atoms with Gasteiger partial charge in [-0.05, 0) is 84.7 Å². The number of aromatic nitrogens is 2. The highest BCUT2D eigenvalue weighted by atomic mass is 32.1. The normalized spacial score (nSPS) is 17.9. The van der Waals surface area contributed by atoms with Crippen LogP contribution in [0.3, 0.4) is 0 Å². The SMILES string of the molecule is Cc1nnsc1C(=O)N1CC2(CCN(Cc3ccc(C(C)(C)C)cc3)CC2)c2cc(F)ccc21. The van der Waals surface area contributed by atoms with Gasteiger partial charge in [-0.3, -0.25) is 9.69 Å². The number of nitrogens with zero attached hydrogens (tertiary/aromatic N) is 4. The van der Waals surface area contributed by atoms with Gasteiger partial charge in [0.25, 0.3) is 5.91 Å². The van der Waals surface area contributed by atoms with Crippen molar-refractivity contribution in [2.24, 2.45) is 0 Å². The first-order valence-electron chi connectivity index (χ1n) is 11.9. The first-order valence-corrected chi connectivity index (χ1v) is 12.7. The van der Waals surface area contributed by atoms with Crippen LogP contribution in [0.4, 0.5) is 10.1 Å². The predicted molar refractivity (Wildman–Crippen MR) is 134 cm³/mol. The largest absolute Gasteiger partial charge is 0.306 e. The number of hydrogen-bond donors (Lipinski definition) is 0. The van der Waals surface area contributed by atoms with Gasteiger partial charge in [-0.2, -0.15) is 0 Å². The van der Waals surface area contributed by atoms with E-state index < -0.39 is 0 Å². The van der Waals surface area contributed by atoms with Crippen molar-refractivity contribution in [2.75, 3.05) is 24.5 Å². The van der Waals surface area contributed by atoms with E-state index in [0.29, 0.717) is 17.1 Å². The third kappa shape index (κ3) is 4.16. The summed E-state index contributed by atoms with van der Waals surface area (Å²) in [6, 6.07) is 13.8. The van der Waals surface area contributed by atoms with E-state index in [1.807, 2.05) is 4.90 Å². The van der Waals surface area contributed by atoms with E-state index in [1.54, 1.807) is 19.1 Å². The van der Waals surface area contributed by atoms with Crippen LogP contribution in [-0.2, 0) is 17.4 Å². The zero-order chi connectivity index (χ0) is 24.1. The third-order valence-corrected chi connectivity index (χ3v) is 8.23. The molecule has 5 nitrogen and oxygen atoms in total. The molecule has 5 rings (SSSR count). The molecule has 1 spiro atoms. The van der Waals surface area contributed by atoms with Crippen LogP contribution in [0.2, 0.25) is 0 Å². The number of benzene rings is 2. The summed E-state index contributed by atoms with van der Waals surface area (Å²) in [6.45, 7) is 11.8. The summed E-state index contributed by atoms with van der Waals surface area (Å²) in [4.78, 5) is 18.2. The van der Waals surface area contributed by atoms with E-state index in [0.717, 1.165) is 55.3 Å². The van der Waals surface area contributed by atoms with Gasteiger partial charge < -0.3 is 4.90 Å². The molecule has 178 valence electrons. The van der Waals surface area contributed by atoms with Crippen LogP contribution in [0.1, 0.15) is 65.7 Å². The smallest absolute Gasteiger partial charge is 0.271 e. The van der Waals surface area contributed by atoms with E-state index in [1.165, 1.54) is 17.2 Å². The standard InChI is InChI=1S/C27H31FN4OS/c1-18-24(34-30-29-18)25(33)32-17-27(22-15-21(28)9-10-23(22)32)11-13-31(14-12-27)16-19-5-7-20(8-6-19)26(2,3)4/h5-10,15H,11-14,16-17H2,1-4H3. The van der Waals surface area contributed by atoms with Gasteiger partial charge in [-0.25, -0.2) is 4.39 Å². The van der Waals surface area contributed by atoms with E-state index in [9.17, 15) is 9.18 Å². The van der Waals surface area contributed by atoms with Crippen molar-refractivity contribution >= 4 is 23.1 Å². The van der Waals surface area contributed by atoms with Crippen LogP contribution in [0.25, 0.3) is 0 Å². The Hall–Kier alpha value is -2.64. The van der Waals surface area contributed by atoms with Crippen molar-refractivity contribution in [3.05, 3.63) is 75.5 Å². The summed E-state index contributed by atoms with van der Waals surface area (Å²) >= 11 is 1.13. The van der Waals surface area contributed by atoms with Gasteiger partial charge in [0, 0.05) is 24.2 Å². The molecule has 0 unspecified atom stereocenters. The summed E-state index contributed by atoms with van der Waals surface area (Å²) in [5, 5.41) is 4.01. The van der Waals surface area contributed by atoms with Gasteiger partial charge in [0.15, 0.2) is 0 Å². The fraction of sp³-hybridized carbons (Fsp3) is 0.444. The summed E-state index contributed by atoms with van der Waals surface area (Å²) in [6.07, 6.45) is 1.79. The summed E-state index contributed by atoms with van der Waals surface area (Å²) in [5.41, 5.74) is 5.02. The Labute approximate surface area is 204 Å². The van der Waals surface area contributed by atoms with E-state index in [4.69, 9.17) is 0 Å². The highest BCUT2D eigenvalue weighted by molar-refractivity contribution is 7.08. The van der Waals surface area contributed by atoms with Gasteiger partial charge >= 0.3 is 0 Å². The maximum absolute atomic E-state index is 14.3. The molecule has 7 heteroatoms. The van der Waals surface area contributed by atoms with Crippen LogP contribution in [0, 0.1) is 12.7 Å². The minimum absolute atomic E-state index is 0.0846. The molecule has 0 bridgehead atoms. The second kappa shape index (κ2) is 8.54. The van der Waals surface area contributed by atoms with E-state index >= 15 is 0 Å². The third-order valence-electron chi connectivity index (χ3n) is 7.41. The van der Waals surface area contributed by atoms with E-state index in [2.05, 4.69) is 59.5 Å². The Bertz CT molecular complexity index is 1210. The highest BCUT2D eigenvalue weighted by Gasteiger charge is 2.47. The monoisotopic (exact) mass is 478 g/mol. The molecule has 0 saturated carbocycles. The Morgan fingerprint density at radius 3 is 2.44 bits per heavy atom. The molecule has 2 aromatic carbocycles. The van der Waals surface area contributed by atoms with Crippen LogP contribution in [-0.4, -0.2) is 40.0 Å². The molecule has 1 aromatic heterocycles. The van der Waals surface area contributed by atoms with E-state index in [-0.39, 0.29) is 22.6 Å². The number of anilines is 1. The fourth-order valence-corrected chi connectivity index (χ4v) is 5.91. The van der Waals surface area contributed by atoms with Crippen molar-refractivity contribution in [2.45, 2.75) is 57.9 Å². The second-order valence-electron chi connectivity index (χ2n) is 10.7. The molecule has 34 heavy (non-hydrogen) atoms. The first-order chi connectivity index (χ1) is 16.2. The molecular weight excluding hydrogens is 447 g/mol. The molecular formula is C27H31FN4OS. The number of fused-ring (bicyclic) bond motifs is 2. The van der Waals surface area contributed by atoms with Crippen LogP contribution in [0.15, 0.2) is 42.5 Å². The number of hydrogen-bond acceptors (Lipinski definition) is 5. The molecule has 1 amide bonds. The average Bonchev–Trinajstić information content (AvgIpc) is 3.36. The maximum Gasteiger partial charge on any atom is 0.271 e. The van der Waals surface area contributed by atoms with Gasteiger partial charge in [0.05, 0.1) is 5.69 Å². The number of piperidine rings is 1. The van der Waals surface area contributed by atoms with Crippen molar-refractivity contribution in [3.8, 4) is 0 Å². The molecule has 3 aromatic rings. The van der Waals surface area contributed by atoms with Crippen LogP contribution in [0.5, 0.6) is 0 Å². The fourth-order valence-electron chi connectivity index (χ4n) is 5.31. The average molecular weight is 479 g/mol. The molecule has 0 aliphatic carbocycles. The molecule has 1 saturated heterocycles. The lowest BCUT2D eigenvalue weighted by Gasteiger charge is -2.40. The zero-order valence-corrected chi connectivity index (χ0v) is 21.1.